The first-order valence-corrected chi connectivity index (χ1v) is 8.81. The smallest absolute Gasteiger partial charge is 0.258 e. The number of rotatable bonds is 4. The average Bonchev–Trinajstić information content (AvgIpc) is 3.40. The Morgan fingerprint density at radius 3 is 3.17 bits per heavy atom. The Labute approximate surface area is 142 Å². The van der Waals surface area contributed by atoms with Gasteiger partial charge in [-0.3, -0.25) is 9.48 Å². The zero-order chi connectivity index (χ0) is 16.5. The molecule has 0 unspecified atom stereocenters. The lowest BCUT2D eigenvalue weighted by Crippen LogP contribution is -2.34. The molecule has 0 N–H and O–H groups in total. The minimum absolute atomic E-state index is 0.0720. The van der Waals surface area contributed by atoms with Crippen molar-refractivity contribution in [1.82, 2.24) is 24.8 Å². The molecule has 1 aliphatic rings. The summed E-state index contributed by atoms with van der Waals surface area (Å²) in [5, 5.41) is 12.2. The molecule has 0 radical (unpaired) electrons. The highest BCUT2D eigenvalue weighted by Gasteiger charge is 2.33. The van der Waals surface area contributed by atoms with Gasteiger partial charge >= 0.3 is 0 Å². The molecule has 0 aromatic carbocycles. The van der Waals surface area contributed by atoms with Crippen LogP contribution >= 0.6 is 11.3 Å². The van der Waals surface area contributed by atoms with Gasteiger partial charge in [0.2, 0.25) is 5.91 Å². The van der Waals surface area contributed by atoms with Gasteiger partial charge in [-0.25, -0.2) is 0 Å². The summed E-state index contributed by atoms with van der Waals surface area (Å²) in [6, 6.07) is 3.48. The first-order valence-electron chi connectivity index (χ1n) is 7.86. The second-order valence-corrected chi connectivity index (χ2v) is 6.68. The lowest BCUT2D eigenvalue weighted by atomic mass is 10.1. The summed E-state index contributed by atoms with van der Waals surface area (Å²) >= 11 is 1.59. The number of carbonyl (C=O) groups is 1. The Morgan fingerprint density at radius 1 is 1.50 bits per heavy atom. The number of hydrogen-bond donors (Lipinski definition) is 0. The number of thiophene rings is 1. The fraction of sp³-hybridized carbons (Fsp3) is 0.375. The van der Waals surface area contributed by atoms with Gasteiger partial charge in [0.15, 0.2) is 5.82 Å². The van der Waals surface area contributed by atoms with Gasteiger partial charge in [0.1, 0.15) is 6.04 Å². The molecule has 2 atom stereocenters. The topological polar surface area (TPSA) is 77.0 Å². The standard InChI is InChI=1S/C16H17N5O2S/c1-11(21-6-2-5-17-21)16(22)20-7-3-12(9-20)14-18-15(23-19-14)13-4-8-24-10-13/h2,4-6,8,10-12H,3,7,9H2,1H3/t11-,12+/m1/s1. The molecule has 4 heterocycles. The summed E-state index contributed by atoms with van der Waals surface area (Å²) in [5.74, 6) is 1.41. The molecule has 1 fully saturated rings. The molecule has 3 aromatic heterocycles. The van der Waals surface area contributed by atoms with E-state index in [1.165, 1.54) is 0 Å². The van der Waals surface area contributed by atoms with Crippen molar-refractivity contribution in [3.05, 3.63) is 41.1 Å². The van der Waals surface area contributed by atoms with Crippen LogP contribution in [-0.4, -0.2) is 43.8 Å². The van der Waals surface area contributed by atoms with Crippen LogP contribution in [-0.2, 0) is 4.79 Å². The predicted molar refractivity (Wildman–Crippen MR) is 88.5 cm³/mol. The van der Waals surface area contributed by atoms with Crippen LogP contribution in [0.25, 0.3) is 11.5 Å². The second-order valence-electron chi connectivity index (χ2n) is 5.90. The van der Waals surface area contributed by atoms with Crippen molar-refractivity contribution < 1.29 is 9.32 Å². The highest BCUT2D eigenvalue weighted by Crippen LogP contribution is 2.29. The Hall–Kier alpha value is -2.48. The van der Waals surface area contributed by atoms with E-state index >= 15 is 0 Å². The van der Waals surface area contributed by atoms with Crippen LogP contribution in [0, 0.1) is 0 Å². The molecule has 7 nitrogen and oxygen atoms in total. The molecule has 0 bridgehead atoms. The highest BCUT2D eigenvalue weighted by molar-refractivity contribution is 7.08. The van der Waals surface area contributed by atoms with Crippen molar-refractivity contribution in [2.24, 2.45) is 0 Å². The summed E-state index contributed by atoms with van der Waals surface area (Å²) in [6.45, 7) is 3.19. The van der Waals surface area contributed by atoms with Crippen molar-refractivity contribution in [2.45, 2.75) is 25.3 Å². The van der Waals surface area contributed by atoms with Crippen LogP contribution in [0.5, 0.6) is 0 Å². The summed E-state index contributed by atoms with van der Waals surface area (Å²) in [5.41, 5.74) is 0.942. The summed E-state index contributed by atoms with van der Waals surface area (Å²) in [7, 11) is 0. The highest BCUT2D eigenvalue weighted by atomic mass is 32.1. The molecule has 1 aliphatic heterocycles. The van der Waals surface area contributed by atoms with Gasteiger partial charge in [-0.15, -0.1) is 0 Å². The van der Waals surface area contributed by atoms with Crippen molar-refractivity contribution in [3.8, 4) is 11.5 Å². The van der Waals surface area contributed by atoms with E-state index in [2.05, 4.69) is 15.2 Å². The third kappa shape index (κ3) is 2.73. The lowest BCUT2D eigenvalue weighted by molar-refractivity contribution is -0.133. The van der Waals surface area contributed by atoms with Crippen LogP contribution < -0.4 is 0 Å². The second kappa shape index (κ2) is 6.20. The largest absolute Gasteiger partial charge is 0.340 e. The molecule has 0 aliphatic carbocycles. The number of hydrogen-bond acceptors (Lipinski definition) is 6. The minimum atomic E-state index is -0.301. The van der Waals surface area contributed by atoms with Gasteiger partial charge in [0.05, 0.1) is 5.56 Å². The monoisotopic (exact) mass is 343 g/mol. The van der Waals surface area contributed by atoms with Crippen LogP contribution in [0.1, 0.15) is 31.1 Å². The first kappa shape index (κ1) is 15.1. The van der Waals surface area contributed by atoms with E-state index in [4.69, 9.17) is 4.52 Å². The van der Waals surface area contributed by atoms with Crippen LogP contribution in [0.4, 0.5) is 0 Å². The third-order valence-corrected chi connectivity index (χ3v) is 5.04. The average molecular weight is 343 g/mol. The summed E-state index contributed by atoms with van der Waals surface area (Å²) in [4.78, 5) is 19.0. The SMILES string of the molecule is C[C@H](C(=O)N1CC[C@H](c2noc(-c3ccsc3)n2)C1)n1cccn1. The van der Waals surface area contributed by atoms with Crippen LogP contribution in [0.15, 0.2) is 39.8 Å². The molecule has 0 spiro atoms. The summed E-state index contributed by atoms with van der Waals surface area (Å²) in [6.07, 6.45) is 4.34. The molecule has 1 amide bonds. The van der Waals surface area contributed by atoms with E-state index in [1.807, 2.05) is 40.9 Å². The van der Waals surface area contributed by atoms with Crippen molar-refractivity contribution in [3.63, 3.8) is 0 Å². The van der Waals surface area contributed by atoms with Gasteiger partial charge in [0, 0.05) is 36.8 Å². The predicted octanol–water partition coefficient (Wildman–Crippen LogP) is 2.57. The van der Waals surface area contributed by atoms with Gasteiger partial charge in [-0.1, -0.05) is 5.16 Å². The molecule has 124 valence electrons. The molecule has 8 heteroatoms. The van der Waals surface area contributed by atoms with Crippen molar-refractivity contribution in [1.29, 1.82) is 0 Å². The zero-order valence-electron chi connectivity index (χ0n) is 13.2. The number of likely N-dealkylation sites (tertiary alicyclic amines) is 1. The van der Waals surface area contributed by atoms with Crippen molar-refractivity contribution in [2.75, 3.05) is 13.1 Å². The van der Waals surface area contributed by atoms with Gasteiger partial charge < -0.3 is 9.42 Å². The number of carbonyl (C=O) groups excluding carboxylic acids is 1. The lowest BCUT2D eigenvalue weighted by Gasteiger charge is -2.20. The van der Waals surface area contributed by atoms with E-state index in [9.17, 15) is 4.79 Å². The Morgan fingerprint density at radius 2 is 2.42 bits per heavy atom. The van der Waals surface area contributed by atoms with Crippen LogP contribution in [0.3, 0.4) is 0 Å². The molecule has 3 aromatic rings. The molecule has 1 saturated heterocycles. The quantitative estimate of drug-likeness (QED) is 0.727. The van der Waals surface area contributed by atoms with E-state index in [0.717, 1.165) is 12.0 Å². The first-order chi connectivity index (χ1) is 11.7. The van der Waals surface area contributed by atoms with Gasteiger partial charge in [-0.05, 0) is 30.9 Å². The van der Waals surface area contributed by atoms with E-state index in [0.29, 0.717) is 24.8 Å². The Balaban J connectivity index is 1.44. The zero-order valence-corrected chi connectivity index (χ0v) is 14.0. The van der Waals surface area contributed by atoms with E-state index in [1.54, 1.807) is 22.2 Å². The molecule has 4 rings (SSSR count). The number of nitrogens with zero attached hydrogens (tertiary/aromatic N) is 5. The maximum Gasteiger partial charge on any atom is 0.258 e. The normalized spacial score (nSPS) is 18.9. The van der Waals surface area contributed by atoms with Gasteiger partial charge in [-0.2, -0.15) is 21.4 Å². The minimum Gasteiger partial charge on any atom is -0.340 e. The number of amides is 1. The van der Waals surface area contributed by atoms with Crippen molar-refractivity contribution >= 4 is 17.2 Å². The maximum atomic E-state index is 12.6. The van der Waals surface area contributed by atoms with E-state index < -0.39 is 0 Å². The molecule has 0 saturated carbocycles. The molecule has 24 heavy (non-hydrogen) atoms. The fourth-order valence-electron chi connectivity index (χ4n) is 2.96. The van der Waals surface area contributed by atoms with E-state index in [-0.39, 0.29) is 17.9 Å². The summed E-state index contributed by atoms with van der Waals surface area (Å²) < 4.78 is 7.03. The van der Waals surface area contributed by atoms with Gasteiger partial charge in [0.25, 0.3) is 5.89 Å². The maximum absolute atomic E-state index is 12.6. The molecular weight excluding hydrogens is 326 g/mol. The van der Waals surface area contributed by atoms with Crippen LogP contribution in [0.2, 0.25) is 0 Å². The Kier molecular flexibility index (Phi) is 3.89. The number of aromatic nitrogens is 4. The Bertz CT molecular complexity index is 812. The molecular formula is C16H17N5O2S. The third-order valence-electron chi connectivity index (χ3n) is 4.35. The fourth-order valence-corrected chi connectivity index (χ4v) is 3.59.